The fraction of sp³-hybridized carbons (Fsp3) is 0.692. The Hall–Kier alpha value is -1.16. The number of hydrogen-bond acceptors (Lipinski definition) is 4. The van der Waals surface area contributed by atoms with E-state index in [4.69, 9.17) is 4.74 Å². The van der Waals surface area contributed by atoms with Gasteiger partial charge in [-0.1, -0.05) is 0 Å². The van der Waals surface area contributed by atoms with Crippen molar-refractivity contribution in [1.29, 1.82) is 0 Å². The summed E-state index contributed by atoms with van der Waals surface area (Å²) in [6.07, 6.45) is 9.44. The molecule has 3 rings (SSSR count). The third-order valence-corrected chi connectivity index (χ3v) is 4.09. The van der Waals surface area contributed by atoms with Crippen LogP contribution >= 0.6 is 0 Å². The van der Waals surface area contributed by atoms with Crippen LogP contribution in [-0.2, 0) is 4.74 Å². The summed E-state index contributed by atoms with van der Waals surface area (Å²) in [7, 11) is 0. The van der Waals surface area contributed by atoms with Crippen molar-refractivity contribution in [3.63, 3.8) is 0 Å². The van der Waals surface area contributed by atoms with Gasteiger partial charge in [-0.3, -0.25) is 4.98 Å². The largest absolute Gasteiger partial charge is 0.378 e. The first-order valence-electron chi connectivity index (χ1n) is 6.40. The van der Waals surface area contributed by atoms with Gasteiger partial charge < -0.3 is 9.64 Å². The molecule has 2 aliphatic rings. The van der Waals surface area contributed by atoms with Gasteiger partial charge in [-0.2, -0.15) is 0 Å². The zero-order chi connectivity index (χ0) is 11.7. The van der Waals surface area contributed by atoms with Crippen LogP contribution in [0.1, 0.15) is 26.2 Å². The lowest BCUT2D eigenvalue weighted by Gasteiger charge is -2.38. The summed E-state index contributed by atoms with van der Waals surface area (Å²) in [6.45, 7) is 5.29. The Morgan fingerprint density at radius 3 is 2.76 bits per heavy atom. The minimum atomic E-state index is 0.443. The van der Waals surface area contributed by atoms with Gasteiger partial charge in [0.15, 0.2) is 0 Å². The van der Waals surface area contributed by atoms with E-state index in [1.807, 2.05) is 6.20 Å². The molecule has 1 atom stereocenters. The van der Waals surface area contributed by atoms with E-state index >= 15 is 0 Å². The fourth-order valence-corrected chi connectivity index (χ4v) is 3.06. The van der Waals surface area contributed by atoms with Gasteiger partial charge in [0, 0.05) is 25.5 Å². The molecule has 0 radical (unpaired) electrons. The van der Waals surface area contributed by atoms with Gasteiger partial charge in [-0.25, -0.2) is 4.98 Å². The van der Waals surface area contributed by atoms with Gasteiger partial charge in [0.1, 0.15) is 5.82 Å². The van der Waals surface area contributed by atoms with Crippen LogP contribution in [0.15, 0.2) is 18.6 Å². The SMILES string of the molecule is CC1CC2(CCN(c3cnccn3)CC2)CO1. The van der Waals surface area contributed by atoms with Gasteiger partial charge in [0.05, 0.1) is 18.9 Å². The summed E-state index contributed by atoms with van der Waals surface area (Å²) in [6, 6.07) is 0. The molecule has 4 nitrogen and oxygen atoms in total. The standard InChI is InChI=1S/C13H19N3O/c1-11-8-13(10-17-11)2-6-16(7-3-13)12-9-14-4-5-15-12/h4-5,9,11H,2-3,6-8,10H2,1H3. The van der Waals surface area contributed by atoms with Gasteiger partial charge in [-0.15, -0.1) is 0 Å². The summed E-state index contributed by atoms with van der Waals surface area (Å²) in [5.74, 6) is 1.01. The molecule has 2 saturated heterocycles. The van der Waals surface area contributed by atoms with Crippen molar-refractivity contribution in [2.24, 2.45) is 5.41 Å². The van der Waals surface area contributed by atoms with E-state index in [1.165, 1.54) is 19.3 Å². The molecule has 1 unspecified atom stereocenters. The van der Waals surface area contributed by atoms with Crippen LogP contribution in [0, 0.1) is 5.41 Å². The highest BCUT2D eigenvalue weighted by Gasteiger charge is 2.41. The number of ether oxygens (including phenoxy) is 1. The van der Waals surface area contributed by atoms with Crippen molar-refractivity contribution < 1.29 is 4.74 Å². The van der Waals surface area contributed by atoms with E-state index < -0.39 is 0 Å². The van der Waals surface area contributed by atoms with Crippen molar-refractivity contribution in [2.45, 2.75) is 32.3 Å². The van der Waals surface area contributed by atoms with Crippen molar-refractivity contribution >= 4 is 5.82 Å². The second kappa shape index (κ2) is 4.26. The summed E-state index contributed by atoms with van der Waals surface area (Å²) in [5.41, 5.74) is 0.443. The van der Waals surface area contributed by atoms with Gasteiger partial charge in [0.2, 0.25) is 0 Å². The van der Waals surface area contributed by atoms with Crippen molar-refractivity contribution in [1.82, 2.24) is 9.97 Å². The molecule has 0 aliphatic carbocycles. The number of anilines is 1. The highest BCUT2D eigenvalue weighted by molar-refractivity contribution is 5.35. The lowest BCUT2D eigenvalue weighted by atomic mass is 9.77. The Bertz CT molecular complexity index is 374. The van der Waals surface area contributed by atoms with Crippen LogP contribution < -0.4 is 4.90 Å². The monoisotopic (exact) mass is 233 g/mol. The zero-order valence-electron chi connectivity index (χ0n) is 10.3. The number of piperidine rings is 1. The molecule has 4 heteroatoms. The maximum atomic E-state index is 5.74. The Labute approximate surface area is 102 Å². The molecule has 1 aromatic rings. The Morgan fingerprint density at radius 2 is 2.18 bits per heavy atom. The molecule has 3 heterocycles. The molecule has 2 fully saturated rings. The predicted molar refractivity (Wildman–Crippen MR) is 65.9 cm³/mol. The third kappa shape index (κ3) is 2.14. The molecule has 0 saturated carbocycles. The summed E-state index contributed by atoms with van der Waals surface area (Å²) >= 11 is 0. The first kappa shape index (κ1) is 11.0. The van der Waals surface area contributed by atoms with Crippen LogP contribution in [-0.4, -0.2) is 35.8 Å². The van der Waals surface area contributed by atoms with Gasteiger partial charge in [0.25, 0.3) is 0 Å². The predicted octanol–water partition coefficient (Wildman–Crippen LogP) is 1.87. The number of hydrogen-bond donors (Lipinski definition) is 0. The lowest BCUT2D eigenvalue weighted by Crippen LogP contribution is -2.41. The Balaban J connectivity index is 1.65. The van der Waals surface area contributed by atoms with Crippen LogP contribution in [0.3, 0.4) is 0 Å². The first-order valence-corrected chi connectivity index (χ1v) is 6.40. The van der Waals surface area contributed by atoms with Crippen molar-refractivity contribution in [3.05, 3.63) is 18.6 Å². The average Bonchev–Trinajstić information content (AvgIpc) is 2.73. The minimum Gasteiger partial charge on any atom is -0.378 e. The molecule has 92 valence electrons. The highest BCUT2D eigenvalue weighted by Crippen LogP contribution is 2.42. The first-order chi connectivity index (χ1) is 8.27. The van der Waals surface area contributed by atoms with Gasteiger partial charge in [-0.05, 0) is 31.6 Å². The van der Waals surface area contributed by atoms with Crippen LogP contribution in [0.2, 0.25) is 0 Å². The second-order valence-electron chi connectivity index (χ2n) is 5.38. The van der Waals surface area contributed by atoms with E-state index in [2.05, 4.69) is 21.8 Å². The Kier molecular flexibility index (Phi) is 2.74. The Morgan fingerprint density at radius 1 is 1.35 bits per heavy atom. The quantitative estimate of drug-likeness (QED) is 0.742. The maximum absolute atomic E-state index is 5.74. The fourth-order valence-electron chi connectivity index (χ4n) is 3.06. The lowest BCUT2D eigenvalue weighted by molar-refractivity contribution is 0.0976. The number of aromatic nitrogens is 2. The van der Waals surface area contributed by atoms with Crippen LogP contribution in [0.4, 0.5) is 5.82 Å². The molecule has 0 N–H and O–H groups in total. The van der Waals surface area contributed by atoms with E-state index in [1.54, 1.807) is 12.4 Å². The van der Waals surface area contributed by atoms with E-state index in [0.717, 1.165) is 25.5 Å². The number of rotatable bonds is 1. The van der Waals surface area contributed by atoms with E-state index in [-0.39, 0.29) is 0 Å². The topological polar surface area (TPSA) is 38.2 Å². The van der Waals surface area contributed by atoms with E-state index in [0.29, 0.717) is 11.5 Å². The molecule has 0 aromatic carbocycles. The molecule has 2 aliphatic heterocycles. The molecule has 1 spiro atoms. The molecule has 0 bridgehead atoms. The third-order valence-electron chi connectivity index (χ3n) is 4.09. The normalized spacial score (nSPS) is 27.6. The van der Waals surface area contributed by atoms with Crippen LogP contribution in [0.25, 0.3) is 0 Å². The van der Waals surface area contributed by atoms with Crippen molar-refractivity contribution in [2.75, 3.05) is 24.6 Å². The summed E-state index contributed by atoms with van der Waals surface area (Å²) in [5, 5.41) is 0. The second-order valence-corrected chi connectivity index (χ2v) is 5.38. The number of nitrogens with zero attached hydrogens (tertiary/aromatic N) is 3. The average molecular weight is 233 g/mol. The summed E-state index contributed by atoms with van der Waals surface area (Å²) in [4.78, 5) is 10.8. The molecule has 0 amide bonds. The molecular weight excluding hydrogens is 214 g/mol. The highest BCUT2D eigenvalue weighted by atomic mass is 16.5. The van der Waals surface area contributed by atoms with Crippen LogP contribution in [0.5, 0.6) is 0 Å². The molecular formula is C13H19N3O. The molecule has 1 aromatic heterocycles. The zero-order valence-corrected chi connectivity index (χ0v) is 10.3. The van der Waals surface area contributed by atoms with Crippen molar-refractivity contribution in [3.8, 4) is 0 Å². The maximum Gasteiger partial charge on any atom is 0.147 e. The minimum absolute atomic E-state index is 0.443. The molecule has 17 heavy (non-hydrogen) atoms. The smallest absolute Gasteiger partial charge is 0.147 e. The summed E-state index contributed by atoms with van der Waals surface area (Å²) < 4.78 is 5.74. The van der Waals surface area contributed by atoms with E-state index in [9.17, 15) is 0 Å². The van der Waals surface area contributed by atoms with Gasteiger partial charge >= 0.3 is 0 Å².